The Morgan fingerprint density at radius 1 is 1.08 bits per heavy atom. The number of carbonyl (C=O) groups excluding carboxylic acids is 1. The van der Waals surface area contributed by atoms with Gasteiger partial charge in [0.15, 0.2) is 0 Å². The monoisotopic (exact) mass is 412 g/mol. The van der Waals surface area contributed by atoms with Crippen LogP contribution in [0, 0.1) is 0 Å². The fraction of sp³-hybridized carbons (Fsp3) is 0.100. The van der Waals surface area contributed by atoms with Crippen molar-refractivity contribution >= 4 is 56.0 Å². The van der Waals surface area contributed by atoms with Crippen LogP contribution in [0.15, 0.2) is 64.0 Å². The molecule has 0 saturated heterocycles. The van der Waals surface area contributed by atoms with Gasteiger partial charge in [0.25, 0.3) is 5.24 Å². The summed E-state index contributed by atoms with van der Waals surface area (Å²) in [5.74, 6) is 0. The maximum absolute atomic E-state index is 11.8. The number of hydrogen-bond acceptors (Lipinski definition) is 3. The van der Waals surface area contributed by atoms with Gasteiger partial charge < -0.3 is 4.90 Å². The van der Waals surface area contributed by atoms with Crippen LogP contribution in [0.5, 0.6) is 0 Å². The lowest BCUT2D eigenvalue weighted by atomic mass is 10.1. The summed E-state index contributed by atoms with van der Waals surface area (Å²) in [4.78, 5) is 19.0. The highest BCUT2D eigenvalue weighted by atomic mass is 79.9. The Balaban J connectivity index is 1.81. The van der Waals surface area contributed by atoms with E-state index >= 15 is 0 Å². The SMILES string of the molecule is CN(C)C(=O)Sc1cccc(/C=C/c2ccc3ccc(Br)cc3n2)c1. The molecule has 0 unspecified atom stereocenters. The first-order chi connectivity index (χ1) is 12.0. The number of halogens is 1. The summed E-state index contributed by atoms with van der Waals surface area (Å²) in [6.45, 7) is 0. The van der Waals surface area contributed by atoms with Gasteiger partial charge in [0.05, 0.1) is 11.2 Å². The van der Waals surface area contributed by atoms with Crippen molar-refractivity contribution in [3.05, 3.63) is 70.3 Å². The van der Waals surface area contributed by atoms with Crippen LogP contribution >= 0.6 is 27.7 Å². The number of thioether (sulfide) groups is 1. The number of benzene rings is 2. The van der Waals surface area contributed by atoms with Crippen molar-refractivity contribution in [3.63, 3.8) is 0 Å². The molecule has 0 aliphatic heterocycles. The number of nitrogens with zero attached hydrogens (tertiary/aromatic N) is 2. The number of fused-ring (bicyclic) bond motifs is 1. The van der Waals surface area contributed by atoms with E-state index in [2.05, 4.69) is 27.0 Å². The Kier molecular flexibility index (Phi) is 5.56. The molecule has 0 N–H and O–H groups in total. The van der Waals surface area contributed by atoms with Gasteiger partial charge in [-0.1, -0.05) is 46.3 Å². The third-order valence-electron chi connectivity index (χ3n) is 3.55. The van der Waals surface area contributed by atoms with Gasteiger partial charge in [0.2, 0.25) is 0 Å². The summed E-state index contributed by atoms with van der Waals surface area (Å²) in [7, 11) is 3.51. The molecule has 0 spiro atoms. The third-order valence-corrected chi connectivity index (χ3v) is 5.07. The standard InChI is InChI=1S/C20H17BrN2OS/c1-23(2)20(24)25-18-5-3-4-14(12-18)6-10-17-11-8-15-7-9-16(21)13-19(15)22-17/h3-13H,1-2H3/b10-6+. The predicted octanol–water partition coefficient (Wildman–Crippen LogP) is 5.94. The lowest BCUT2D eigenvalue weighted by molar-refractivity contribution is 0.241. The van der Waals surface area contributed by atoms with Crippen LogP contribution in [0.2, 0.25) is 0 Å². The minimum Gasteiger partial charge on any atom is -0.339 e. The number of pyridine rings is 1. The smallest absolute Gasteiger partial charge is 0.285 e. The molecule has 0 fully saturated rings. The van der Waals surface area contributed by atoms with E-state index in [9.17, 15) is 4.79 Å². The molecule has 0 aliphatic rings. The van der Waals surface area contributed by atoms with Crippen molar-refractivity contribution in [2.75, 3.05) is 14.1 Å². The van der Waals surface area contributed by atoms with Gasteiger partial charge in [-0.15, -0.1) is 0 Å². The molecule has 2 aromatic carbocycles. The Morgan fingerprint density at radius 2 is 1.88 bits per heavy atom. The van der Waals surface area contributed by atoms with Crippen LogP contribution in [0.4, 0.5) is 4.79 Å². The highest BCUT2D eigenvalue weighted by Gasteiger charge is 2.06. The van der Waals surface area contributed by atoms with Gasteiger partial charge in [-0.25, -0.2) is 4.98 Å². The van der Waals surface area contributed by atoms with E-state index in [0.29, 0.717) is 0 Å². The maximum atomic E-state index is 11.8. The zero-order valence-corrected chi connectivity index (χ0v) is 16.3. The summed E-state index contributed by atoms with van der Waals surface area (Å²) in [6.07, 6.45) is 3.99. The zero-order valence-electron chi connectivity index (χ0n) is 13.9. The molecule has 0 aliphatic carbocycles. The molecule has 126 valence electrons. The zero-order chi connectivity index (χ0) is 17.8. The molecule has 25 heavy (non-hydrogen) atoms. The molecule has 1 aromatic heterocycles. The molecule has 0 atom stereocenters. The normalized spacial score (nSPS) is 11.2. The van der Waals surface area contributed by atoms with Crippen molar-refractivity contribution in [2.45, 2.75) is 4.90 Å². The van der Waals surface area contributed by atoms with Gasteiger partial charge in [0, 0.05) is 28.8 Å². The van der Waals surface area contributed by atoms with Crippen LogP contribution in [0.3, 0.4) is 0 Å². The second kappa shape index (κ2) is 7.85. The first-order valence-corrected chi connectivity index (χ1v) is 9.36. The van der Waals surface area contributed by atoms with E-state index in [1.807, 2.05) is 60.7 Å². The number of hydrogen-bond donors (Lipinski definition) is 0. The van der Waals surface area contributed by atoms with Crippen LogP contribution in [0.25, 0.3) is 23.1 Å². The van der Waals surface area contributed by atoms with Crippen LogP contribution in [-0.4, -0.2) is 29.2 Å². The third kappa shape index (κ3) is 4.71. The maximum Gasteiger partial charge on any atom is 0.285 e. The molecular weight excluding hydrogens is 396 g/mol. The van der Waals surface area contributed by atoms with Gasteiger partial charge in [-0.05, 0) is 53.7 Å². The Morgan fingerprint density at radius 3 is 2.68 bits per heavy atom. The van der Waals surface area contributed by atoms with Gasteiger partial charge in [-0.2, -0.15) is 0 Å². The Labute approximate surface area is 159 Å². The fourth-order valence-corrected chi connectivity index (χ4v) is 3.33. The van der Waals surface area contributed by atoms with Crippen molar-refractivity contribution in [2.24, 2.45) is 0 Å². The predicted molar refractivity (Wildman–Crippen MR) is 110 cm³/mol. The van der Waals surface area contributed by atoms with Crippen molar-refractivity contribution in [3.8, 4) is 0 Å². The van der Waals surface area contributed by atoms with Gasteiger partial charge in [-0.3, -0.25) is 4.79 Å². The molecule has 0 saturated carbocycles. The quantitative estimate of drug-likeness (QED) is 0.498. The molecular formula is C20H17BrN2OS. The first kappa shape index (κ1) is 17.7. The van der Waals surface area contributed by atoms with Crippen LogP contribution in [0.1, 0.15) is 11.3 Å². The van der Waals surface area contributed by atoms with Crippen LogP contribution in [-0.2, 0) is 0 Å². The number of aromatic nitrogens is 1. The number of rotatable bonds is 3. The molecule has 5 heteroatoms. The second-order valence-corrected chi connectivity index (χ2v) is 7.68. The van der Waals surface area contributed by atoms with E-state index in [1.165, 1.54) is 11.8 Å². The van der Waals surface area contributed by atoms with E-state index in [4.69, 9.17) is 0 Å². The van der Waals surface area contributed by atoms with E-state index in [-0.39, 0.29) is 5.24 Å². The molecule has 1 amide bonds. The van der Waals surface area contributed by atoms with Crippen molar-refractivity contribution < 1.29 is 4.79 Å². The summed E-state index contributed by atoms with van der Waals surface area (Å²) in [6, 6.07) is 18.0. The second-order valence-electron chi connectivity index (χ2n) is 5.74. The highest BCUT2D eigenvalue weighted by Crippen LogP contribution is 2.23. The minimum atomic E-state index is 0.0166. The van der Waals surface area contributed by atoms with E-state index < -0.39 is 0 Å². The minimum absolute atomic E-state index is 0.0166. The Bertz CT molecular complexity index is 953. The molecule has 3 nitrogen and oxygen atoms in total. The average molecular weight is 413 g/mol. The average Bonchev–Trinajstić information content (AvgIpc) is 2.59. The molecule has 0 bridgehead atoms. The topological polar surface area (TPSA) is 33.2 Å². The highest BCUT2D eigenvalue weighted by molar-refractivity contribution is 9.10. The number of carbonyl (C=O) groups is 1. The van der Waals surface area contributed by atoms with E-state index in [0.717, 1.165) is 31.5 Å². The largest absolute Gasteiger partial charge is 0.339 e. The van der Waals surface area contributed by atoms with E-state index in [1.54, 1.807) is 19.0 Å². The van der Waals surface area contributed by atoms with Gasteiger partial charge >= 0.3 is 0 Å². The first-order valence-electron chi connectivity index (χ1n) is 7.75. The fourth-order valence-electron chi connectivity index (χ4n) is 2.25. The summed E-state index contributed by atoms with van der Waals surface area (Å²) < 4.78 is 1.02. The molecule has 3 rings (SSSR count). The summed E-state index contributed by atoms with van der Waals surface area (Å²) >= 11 is 4.70. The molecule has 1 heterocycles. The molecule has 0 radical (unpaired) electrons. The summed E-state index contributed by atoms with van der Waals surface area (Å²) in [5, 5.41) is 1.13. The lowest BCUT2D eigenvalue weighted by Gasteiger charge is -2.09. The van der Waals surface area contributed by atoms with Gasteiger partial charge in [0.1, 0.15) is 0 Å². The lowest BCUT2D eigenvalue weighted by Crippen LogP contribution is -2.15. The van der Waals surface area contributed by atoms with Crippen molar-refractivity contribution in [1.82, 2.24) is 9.88 Å². The van der Waals surface area contributed by atoms with Crippen molar-refractivity contribution in [1.29, 1.82) is 0 Å². The molecule has 3 aromatic rings. The number of amides is 1. The summed E-state index contributed by atoms with van der Waals surface area (Å²) in [5.41, 5.74) is 2.89. The van der Waals surface area contributed by atoms with Crippen LogP contribution < -0.4 is 0 Å². The Hall–Kier alpha value is -2.11.